The largest absolute Gasteiger partial charge is 0.481 e. The average molecular weight is 680 g/mol. The van der Waals surface area contributed by atoms with Gasteiger partial charge in [-0.05, 0) is 97.2 Å². The third kappa shape index (κ3) is 8.74. The second-order valence-corrected chi connectivity index (χ2v) is 12.8. The summed E-state index contributed by atoms with van der Waals surface area (Å²) in [5, 5.41) is 12.2. The molecule has 0 saturated carbocycles. The minimum absolute atomic E-state index is 0. The number of nitrogens with zero attached hydrogens (tertiary/aromatic N) is 2. The summed E-state index contributed by atoms with van der Waals surface area (Å²) in [6.07, 6.45) is 0.955. The number of likely N-dealkylation sites (tertiary alicyclic amines) is 1. The number of carbonyl (C=O) groups excluding carboxylic acids is 1. The lowest BCUT2D eigenvalue weighted by Gasteiger charge is -2.34. The number of aromatic nitrogens is 1. The van der Waals surface area contributed by atoms with Crippen LogP contribution in [0.4, 0.5) is 13.2 Å². The second kappa shape index (κ2) is 15.5. The van der Waals surface area contributed by atoms with E-state index in [4.69, 9.17) is 11.6 Å². The maximum absolute atomic E-state index is 15.6. The van der Waals surface area contributed by atoms with Gasteiger partial charge in [0.15, 0.2) is 0 Å². The summed E-state index contributed by atoms with van der Waals surface area (Å²) in [6.45, 7) is 10.3. The smallest absolute Gasteiger partial charge is 0.305 e. The van der Waals surface area contributed by atoms with Gasteiger partial charge in [0, 0.05) is 37.5 Å². The maximum Gasteiger partial charge on any atom is 0.305 e. The van der Waals surface area contributed by atoms with Gasteiger partial charge in [-0.1, -0.05) is 25.4 Å². The summed E-state index contributed by atoms with van der Waals surface area (Å²) in [5.74, 6) is -3.28. The first kappa shape index (κ1) is 37.2. The van der Waals surface area contributed by atoms with Crippen LogP contribution in [0.15, 0.2) is 41.3 Å². The van der Waals surface area contributed by atoms with Gasteiger partial charge in [-0.3, -0.25) is 19.3 Å². The molecule has 1 aromatic heterocycles. The van der Waals surface area contributed by atoms with Gasteiger partial charge in [-0.25, -0.2) is 13.2 Å². The molecule has 0 aliphatic carbocycles. The lowest BCUT2D eigenvalue weighted by molar-refractivity contribution is -0.138. The number of benzene rings is 2. The number of rotatable bonds is 12. The molecular weight excluding hydrogens is 639 g/mol. The molecule has 250 valence electrons. The molecule has 2 aromatic carbocycles. The number of hydrogen-bond donors (Lipinski definition) is 2. The number of aliphatic carboxylic acids is 1. The van der Waals surface area contributed by atoms with Gasteiger partial charge in [0.1, 0.15) is 23.8 Å². The molecule has 46 heavy (non-hydrogen) atoms. The first-order valence-electron chi connectivity index (χ1n) is 15.0. The van der Waals surface area contributed by atoms with Crippen LogP contribution in [-0.2, 0) is 16.0 Å². The van der Waals surface area contributed by atoms with Gasteiger partial charge in [0.2, 0.25) is 5.91 Å². The second-order valence-electron chi connectivity index (χ2n) is 12.4. The molecule has 1 aliphatic rings. The normalized spacial score (nSPS) is 14.8. The van der Waals surface area contributed by atoms with Crippen LogP contribution in [0.1, 0.15) is 66.6 Å². The molecular formula is C34H41ClF3N3O4S. The van der Waals surface area contributed by atoms with Crippen LogP contribution in [0.3, 0.4) is 0 Å². The van der Waals surface area contributed by atoms with Crippen molar-refractivity contribution in [2.45, 2.75) is 72.1 Å². The number of hydrogen-bond acceptors (Lipinski definition) is 4. The van der Waals surface area contributed by atoms with Crippen molar-refractivity contribution in [3.63, 3.8) is 0 Å². The van der Waals surface area contributed by atoms with Crippen molar-refractivity contribution in [3.05, 3.63) is 91.4 Å². The number of amides is 1. The van der Waals surface area contributed by atoms with Gasteiger partial charge in [0.25, 0.3) is 5.56 Å². The van der Waals surface area contributed by atoms with E-state index in [-0.39, 0.29) is 36.4 Å². The summed E-state index contributed by atoms with van der Waals surface area (Å²) in [7, 11) is 0. The number of nitrogens with one attached hydrogen (secondary N) is 1. The molecule has 0 spiro atoms. The van der Waals surface area contributed by atoms with E-state index in [0.717, 1.165) is 11.1 Å². The molecule has 1 amide bonds. The zero-order valence-electron chi connectivity index (χ0n) is 26.6. The highest BCUT2D eigenvalue weighted by molar-refractivity contribution is 7.59. The van der Waals surface area contributed by atoms with E-state index < -0.39 is 53.7 Å². The van der Waals surface area contributed by atoms with Crippen molar-refractivity contribution >= 4 is 37.0 Å². The zero-order valence-corrected chi connectivity index (χ0v) is 28.4. The Morgan fingerprint density at radius 2 is 1.67 bits per heavy atom. The van der Waals surface area contributed by atoms with Crippen molar-refractivity contribution < 1.29 is 27.9 Å². The Balaban J connectivity index is 0.00000576. The SMILES string of the molecule is Cc1cc(=O)n(C(CC(C)C)C(=O)N[C@@H](CC(=O)O)c2cc(-c3c(C)cc(F)cc3C)cc(Cl)c2F)cc1CCN1CC(F)C1.S. The van der Waals surface area contributed by atoms with Gasteiger partial charge < -0.3 is 15.0 Å². The van der Waals surface area contributed by atoms with E-state index in [2.05, 4.69) is 5.32 Å². The number of pyridine rings is 1. The van der Waals surface area contributed by atoms with Gasteiger partial charge in [-0.2, -0.15) is 13.5 Å². The zero-order chi connectivity index (χ0) is 33.2. The lowest BCUT2D eigenvalue weighted by Crippen LogP contribution is -2.49. The number of carboxylic acid groups (broad SMARTS) is 1. The molecule has 3 aromatic rings. The van der Waals surface area contributed by atoms with Crippen molar-refractivity contribution in [1.29, 1.82) is 0 Å². The number of alkyl halides is 1. The predicted molar refractivity (Wildman–Crippen MR) is 179 cm³/mol. The Bertz CT molecular complexity index is 1640. The number of aryl methyl sites for hydroxylation is 3. The topological polar surface area (TPSA) is 91.6 Å². The summed E-state index contributed by atoms with van der Waals surface area (Å²) < 4.78 is 44.3. The van der Waals surface area contributed by atoms with E-state index in [1.54, 1.807) is 27.0 Å². The molecule has 12 heteroatoms. The van der Waals surface area contributed by atoms with Gasteiger partial charge >= 0.3 is 5.97 Å². The molecule has 2 atom stereocenters. The van der Waals surface area contributed by atoms with Crippen LogP contribution < -0.4 is 10.9 Å². The molecule has 0 bridgehead atoms. The number of carbonyl (C=O) groups is 2. The minimum Gasteiger partial charge on any atom is -0.481 e. The standard InChI is InChI=1S/C34H39ClF3N3O4.H2S/c1-18(2)8-29(41-15-22(19(3)11-30(41)42)6-7-40-16-25(37)17-40)34(45)39-28(14-31(43)44)26-12-23(13-27(35)33(26)38)32-20(4)9-24(36)10-21(32)5;/h9-13,15,18,25,28-29H,6-8,14,16-17H2,1-5H3,(H,39,45)(H,43,44);1H2/t28-,29?;/m0./s1. The van der Waals surface area contributed by atoms with E-state index in [0.29, 0.717) is 48.3 Å². The van der Waals surface area contributed by atoms with Gasteiger partial charge in [-0.15, -0.1) is 0 Å². The van der Waals surface area contributed by atoms with Crippen LogP contribution >= 0.6 is 25.1 Å². The van der Waals surface area contributed by atoms with E-state index in [1.165, 1.54) is 34.9 Å². The molecule has 1 saturated heterocycles. The molecule has 2 heterocycles. The summed E-state index contributed by atoms with van der Waals surface area (Å²) in [6, 6.07) is 4.58. The Kier molecular flexibility index (Phi) is 12.6. The molecule has 1 unspecified atom stereocenters. The molecule has 7 nitrogen and oxygen atoms in total. The van der Waals surface area contributed by atoms with Crippen molar-refractivity contribution in [2.24, 2.45) is 5.92 Å². The summed E-state index contributed by atoms with van der Waals surface area (Å²) >= 11 is 6.30. The van der Waals surface area contributed by atoms with E-state index in [9.17, 15) is 28.3 Å². The Hall–Kier alpha value is -3.28. The lowest BCUT2D eigenvalue weighted by atomic mass is 9.92. The molecule has 2 N–H and O–H groups in total. The highest BCUT2D eigenvalue weighted by Gasteiger charge is 2.30. The third-order valence-electron chi connectivity index (χ3n) is 8.25. The highest BCUT2D eigenvalue weighted by Crippen LogP contribution is 2.36. The van der Waals surface area contributed by atoms with Crippen molar-refractivity contribution in [2.75, 3.05) is 19.6 Å². The van der Waals surface area contributed by atoms with Crippen LogP contribution in [0.2, 0.25) is 5.02 Å². The average Bonchev–Trinajstić information content (AvgIpc) is 2.90. The quantitative estimate of drug-likeness (QED) is 0.225. The summed E-state index contributed by atoms with van der Waals surface area (Å²) in [5.41, 5.74) is 3.23. The van der Waals surface area contributed by atoms with Crippen LogP contribution in [0.5, 0.6) is 0 Å². The predicted octanol–water partition coefficient (Wildman–Crippen LogP) is 6.60. The van der Waals surface area contributed by atoms with Crippen LogP contribution in [-0.4, -0.2) is 52.3 Å². The van der Waals surface area contributed by atoms with Crippen LogP contribution in [0.25, 0.3) is 11.1 Å². The van der Waals surface area contributed by atoms with Crippen molar-refractivity contribution in [1.82, 2.24) is 14.8 Å². The Morgan fingerprint density at radius 3 is 2.24 bits per heavy atom. The number of halogens is 4. The monoisotopic (exact) mass is 679 g/mol. The molecule has 1 fully saturated rings. The third-order valence-corrected chi connectivity index (χ3v) is 8.53. The van der Waals surface area contributed by atoms with E-state index in [1.807, 2.05) is 18.7 Å². The fourth-order valence-corrected chi connectivity index (χ4v) is 6.23. The molecule has 4 rings (SSSR count). The maximum atomic E-state index is 15.6. The fraction of sp³-hybridized carbons (Fsp3) is 0.441. The highest BCUT2D eigenvalue weighted by atomic mass is 35.5. The molecule has 1 aliphatic heterocycles. The molecule has 0 radical (unpaired) electrons. The first-order valence-corrected chi connectivity index (χ1v) is 15.4. The van der Waals surface area contributed by atoms with E-state index >= 15 is 4.39 Å². The first-order chi connectivity index (χ1) is 21.1. The minimum atomic E-state index is -1.33. The summed E-state index contributed by atoms with van der Waals surface area (Å²) in [4.78, 5) is 41.1. The Labute approximate surface area is 279 Å². The Morgan fingerprint density at radius 1 is 1.04 bits per heavy atom. The number of carboxylic acids is 1. The van der Waals surface area contributed by atoms with Crippen molar-refractivity contribution in [3.8, 4) is 11.1 Å². The van der Waals surface area contributed by atoms with Crippen LogP contribution in [0, 0.1) is 38.3 Å². The van der Waals surface area contributed by atoms with Gasteiger partial charge in [0.05, 0.1) is 17.5 Å². The fourth-order valence-electron chi connectivity index (χ4n) is 6.01.